The second kappa shape index (κ2) is 10.9. The lowest BCUT2D eigenvalue weighted by atomic mass is 10.1. The van der Waals surface area contributed by atoms with E-state index in [9.17, 15) is 14.4 Å². The largest absolute Gasteiger partial charge is 0.487 e. The van der Waals surface area contributed by atoms with Crippen molar-refractivity contribution in [2.75, 3.05) is 5.32 Å². The number of esters is 1. The number of aryl methyl sites for hydroxylation is 1. The summed E-state index contributed by atoms with van der Waals surface area (Å²) in [7, 11) is 0. The van der Waals surface area contributed by atoms with Crippen molar-refractivity contribution in [2.45, 2.75) is 40.4 Å². The van der Waals surface area contributed by atoms with Gasteiger partial charge in [0.25, 0.3) is 0 Å². The molecular formula is C25H26N2O5S. The van der Waals surface area contributed by atoms with Crippen LogP contribution in [0.2, 0.25) is 0 Å². The van der Waals surface area contributed by atoms with Gasteiger partial charge in [0.2, 0.25) is 11.7 Å². The Hall–Kier alpha value is -3.52. The fraction of sp³-hybridized carbons (Fsp3) is 0.280. The minimum Gasteiger partial charge on any atom is -0.487 e. The van der Waals surface area contributed by atoms with E-state index in [4.69, 9.17) is 9.47 Å². The number of hydrogen-bond acceptors (Lipinski definition) is 7. The van der Waals surface area contributed by atoms with Gasteiger partial charge in [-0.15, -0.1) is 11.3 Å². The minimum atomic E-state index is -0.976. The third-order valence-corrected chi connectivity index (χ3v) is 5.56. The van der Waals surface area contributed by atoms with Crippen molar-refractivity contribution in [1.82, 2.24) is 4.98 Å². The third-order valence-electron chi connectivity index (χ3n) is 4.74. The van der Waals surface area contributed by atoms with Gasteiger partial charge in [0.1, 0.15) is 12.4 Å². The number of rotatable bonds is 9. The quantitative estimate of drug-likeness (QED) is 0.350. The molecule has 0 radical (unpaired) electrons. The Balaban J connectivity index is 1.58. The molecular weight excluding hydrogens is 440 g/mol. The lowest BCUT2D eigenvalue weighted by Gasteiger charge is -2.14. The van der Waals surface area contributed by atoms with Gasteiger partial charge in [-0.1, -0.05) is 19.9 Å². The normalized spacial score (nSPS) is 11.7. The lowest BCUT2D eigenvalue weighted by molar-refractivity contribution is -0.118. The van der Waals surface area contributed by atoms with Gasteiger partial charge in [-0.25, -0.2) is 9.78 Å². The second-order valence-corrected chi connectivity index (χ2v) is 8.87. The third kappa shape index (κ3) is 6.73. The molecule has 1 atom stereocenters. The van der Waals surface area contributed by atoms with Crippen molar-refractivity contribution >= 4 is 34.7 Å². The number of carbonyl (C=O) groups is 3. The maximum absolute atomic E-state index is 12.7. The molecule has 3 aromatic rings. The highest BCUT2D eigenvalue weighted by molar-refractivity contribution is 7.09. The molecule has 33 heavy (non-hydrogen) atoms. The molecule has 0 spiro atoms. The topological polar surface area (TPSA) is 94.6 Å². The van der Waals surface area contributed by atoms with Crippen molar-refractivity contribution in [3.63, 3.8) is 0 Å². The summed E-state index contributed by atoms with van der Waals surface area (Å²) in [5.74, 6) is -0.702. The number of nitrogens with one attached hydrogen (secondary N) is 1. The summed E-state index contributed by atoms with van der Waals surface area (Å²) in [6.07, 6.45) is -0.976. The van der Waals surface area contributed by atoms with E-state index in [1.54, 1.807) is 73.7 Å². The molecule has 8 heteroatoms. The standard InChI is InChI=1S/C25H26N2O5S/c1-15(2)24(29)27-20-10-8-18(9-11-20)23(28)16(3)32-25(30)19-6-5-7-22(12-19)31-13-21-14-33-17(4)26-21/h5-12,14-16H,13H2,1-4H3,(H,27,29). The first-order valence-corrected chi connectivity index (χ1v) is 11.4. The van der Waals surface area contributed by atoms with Crippen molar-refractivity contribution < 1.29 is 23.9 Å². The van der Waals surface area contributed by atoms with E-state index in [0.717, 1.165) is 10.7 Å². The van der Waals surface area contributed by atoms with E-state index in [2.05, 4.69) is 10.3 Å². The van der Waals surface area contributed by atoms with Crippen LogP contribution in [0.4, 0.5) is 5.69 Å². The lowest BCUT2D eigenvalue weighted by Crippen LogP contribution is -2.24. The molecule has 3 rings (SSSR count). The predicted octanol–water partition coefficient (Wildman–Crippen LogP) is 5.05. The molecule has 0 saturated carbocycles. The van der Waals surface area contributed by atoms with Crippen LogP contribution < -0.4 is 10.1 Å². The molecule has 1 N–H and O–H groups in total. The van der Waals surface area contributed by atoms with Crippen molar-refractivity contribution in [2.24, 2.45) is 5.92 Å². The summed E-state index contributed by atoms with van der Waals surface area (Å²) in [5.41, 5.74) is 2.08. The Morgan fingerprint density at radius 3 is 2.39 bits per heavy atom. The average molecular weight is 467 g/mol. The summed E-state index contributed by atoms with van der Waals surface area (Å²) in [6.45, 7) is 7.34. The maximum Gasteiger partial charge on any atom is 0.338 e. The molecule has 2 aromatic carbocycles. The molecule has 7 nitrogen and oxygen atoms in total. The van der Waals surface area contributed by atoms with Crippen LogP contribution in [0.1, 0.15) is 52.2 Å². The number of ketones is 1. The van der Waals surface area contributed by atoms with E-state index in [-0.39, 0.29) is 23.2 Å². The monoisotopic (exact) mass is 466 g/mol. The zero-order valence-corrected chi connectivity index (χ0v) is 19.8. The average Bonchev–Trinajstić information content (AvgIpc) is 3.22. The summed E-state index contributed by atoms with van der Waals surface area (Å²) in [5, 5.41) is 5.65. The van der Waals surface area contributed by atoms with Crippen molar-refractivity contribution in [3.8, 4) is 5.75 Å². The molecule has 1 heterocycles. The molecule has 1 aromatic heterocycles. The van der Waals surface area contributed by atoms with Gasteiger partial charge in [-0.2, -0.15) is 0 Å². The van der Waals surface area contributed by atoms with Crippen LogP contribution in [-0.4, -0.2) is 28.7 Å². The van der Waals surface area contributed by atoms with Crippen LogP contribution in [0.3, 0.4) is 0 Å². The van der Waals surface area contributed by atoms with E-state index >= 15 is 0 Å². The zero-order chi connectivity index (χ0) is 24.0. The van der Waals surface area contributed by atoms with Gasteiger partial charge in [0.15, 0.2) is 6.10 Å². The van der Waals surface area contributed by atoms with Crippen LogP contribution in [0.15, 0.2) is 53.9 Å². The number of hydrogen-bond donors (Lipinski definition) is 1. The second-order valence-electron chi connectivity index (χ2n) is 7.81. The first-order chi connectivity index (χ1) is 15.7. The minimum absolute atomic E-state index is 0.107. The molecule has 0 aliphatic rings. The van der Waals surface area contributed by atoms with E-state index in [1.165, 1.54) is 6.92 Å². The summed E-state index contributed by atoms with van der Waals surface area (Å²) in [4.78, 5) is 41.4. The van der Waals surface area contributed by atoms with E-state index in [1.807, 2.05) is 12.3 Å². The van der Waals surface area contributed by atoms with E-state index < -0.39 is 12.1 Å². The van der Waals surface area contributed by atoms with Crippen LogP contribution in [0, 0.1) is 12.8 Å². The number of aromatic nitrogens is 1. The molecule has 0 aliphatic heterocycles. The number of carbonyl (C=O) groups excluding carboxylic acids is 3. The summed E-state index contributed by atoms with van der Waals surface area (Å²) in [6, 6.07) is 13.1. The molecule has 0 aliphatic carbocycles. The number of Topliss-reactive ketones (excluding diaryl/α,β-unsaturated/α-hetero) is 1. The number of nitrogens with zero attached hydrogens (tertiary/aromatic N) is 1. The molecule has 1 unspecified atom stereocenters. The first-order valence-electron chi connectivity index (χ1n) is 10.5. The summed E-state index contributed by atoms with van der Waals surface area (Å²) < 4.78 is 11.1. The zero-order valence-electron chi connectivity index (χ0n) is 19.0. The van der Waals surface area contributed by atoms with Gasteiger partial charge in [-0.05, 0) is 56.3 Å². The van der Waals surface area contributed by atoms with E-state index in [0.29, 0.717) is 23.6 Å². The molecule has 1 amide bonds. The van der Waals surface area contributed by atoms with Crippen LogP contribution in [0.5, 0.6) is 5.75 Å². The molecule has 0 bridgehead atoms. The predicted molar refractivity (Wildman–Crippen MR) is 127 cm³/mol. The number of thiazole rings is 1. The number of benzene rings is 2. The Bertz CT molecular complexity index is 1140. The molecule has 172 valence electrons. The van der Waals surface area contributed by atoms with Gasteiger partial charge < -0.3 is 14.8 Å². The number of ether oxygens (including phenoxy) is 2. The Kier molecular flexibility index (Phi) is 7.95. The van der Waals surface area contributed by atoms with Crippen molar-refractivity contribution in [1.29, 1.82) is 0 Å². The molecule has 0 saturated heterocycles. The number of amides is 1. The smallest absolute Gasteiger partial charge is 0.338 e. The van der Waals surface area contributed by atoms with Gasteiger partial charge in [-0.3, -0.25) is 9.59 Å². The van der Waals surface area contributed by atoms with Crippen LogP contribution in [0.25, 0.3) is 0 Å². The highest BCUT2D eigenvalue weighted by Crippen LogP contribution is 2.19. The SMILES string of the molecule is Cc1nc(COc2cccc(C(=O)OC(C)C(=O)c3ccc(NC(=O)C(C)C)cc3)c2)cs1. The highest BCUT2D eigenvalue weighted by Gasteiger charge is 2.21. The Morgan fingerprint density at radius 2 is 1.76 bits per heavy atom. The van der Waals surface area contributed by atoms with Gasteiger partial charge in [0.05, 0.1) is 16.3 Å². The van der Waals surface area contributed by atoms with Gasteiger partial charge >= 0.3 is 5.97 Å². The highest BCUT2D eigenvalue weighted by atomic mass is 32.1. The number of anilines is 1. The first kappa shape index (κ1) is 24.1. The van der Waals surface area contributed by atoms with Crippen molar-refractivity contribution in [3.05, 3.63) is 75.7 Å². The maximum atomic E-state index is 12.7. The van der Waals surface area contributed by atoms with Gasteiger partial charge in [0, 0.05) is 22.5 Å². The fourth-order valence-corrected chi connectivity index (χ4v) is 3.46. The fourth-order valence-electron chi connectivity index (χ4n) is 2.87. The van der Waals surface area contributed by atoms with Crippen LogP contribution in [-0.2, 0) is 16.1 Å². The Morgan fingerprint density at radius 1 is 1.03 bits per heavy atom. The molecule has 0 fully saturated rings. The summed E-state index contributed by atoms with van der Waals surface area (Å²) >= 11 is 1.54. The van der Waals surface area contributed by atoms with Crippen LogP contribution >= 0.6 is 11.3 Å². The Labute approximate surface area is 196 Å².